The zero-order chi connectivity index (χ0) is 15.0. The molecule has 0 N–H and O–H groups in total. The fourth-order valence-electron chi connectivity index (χ4n) is 3.41. The highest BCUT2D eigenvalue weighted by Crippen LogP contribution is 2.31. The first-order valence-corrected chi connectivity index (χ1v) is 7.55. The summed E-state index contributed by atoms with van der Waals surface area (Å²) in [6.07, 6.45) is 1.91. The minimum Gasteiger partial charge on any atom is -0.378 e. The Bertz CT molecular complexity index is 513. The van der Waals surface area contributed by atoms with Gasteiger partial charge in [-0.15, -0.1) is 0 Å². The normalized spacial score (nSPS) is 22.7. The molecule has 1 amide bonds. The number of likely N-dealkylation sites (tertiary alicyclic amines) is 1. The van der Waals surface area contributed by atoms with Gasteiger partial charge in [-0.05, 0) is 33.7 Å². The summed E-state index contributed by atoms with van der Waals surface area (Å²) in [5.74, 6) is 0.649. The van der Waals surface area contributed by atoms with Crippen LogP contribution >= 0.6 is 0 Å². The Hall–Kier alpha value is -1.40. The van der Waals surface area contributed by atoms with E-state index in [2.05, 4.69) is 17.1 Å². The van der Waals surface area contributed by atoms with E-state index in [1.807, 2.05) is 11.8 Å². The van der Waals surface area contributed by atoms with Crippen LogP contribution in [0.2, 0.25) is 0 Å². The number of amides is 1. The summed E-state index contributed by atoms with van der Waals surface area (Å²) in [4.78, 5) is 17.0. The van der Waals surface area contributed by atoms with Gasteiger partial charge >= 0.3 is 0 Å². The number of hydrogen-bond donors (Lipinski definition) is 0. The van der Waals surface area contributed by atoms with E-state index in [0.717, 1.165) is 45.7 Å². The number of hydrogen-bond acceptors (Lipinski definition) is 5. The molecule has 0 bridgehead atoms. The molecule has 21 heavy (non-hydrogen) atoms. The fraction of sp³-hybridized carbons (Fsp3) is 0.733. The molecule has 3 heterocycles. The van der Waals surface area contributed by atoms with E-state index in [1.54, 1.807) is 6.92 Å². The number of carbonyl (C=O) groups is 1. The molecule has 6 nitrogen and oxygen atoms in total. The molecule has 2 aliphatic heterocycles. The van der Waals surface area contributed by atoms with Crippen molar-refractivity contribution < 1.29 is 14.1 Å². The molecule has 6 heteroatoms. The lowest BCUT2D eigenvalue weighted by Crippen LogP contribution is -2.60. The summed E-state index contributed by atoms with van der Waals surface area (Å²) in [6, 6.07) is 0. The van der Waals surface area contributed by atoms with Gasteiger partial charge in [-0.1, -0.05) is 5.16 Å². The molecule has 2 saturated heterocycles. The topological polar surface area (TPSA) is 58.8 Å². The number of aromatic nitrogens is 1. The van der Waals surface area contributed by atoms with Crippen molar-refractivity contribution in [3.05, 3.63) is 17.0 Å². The molecular weight excluding hydrogens is 270 g/mol. The molecule has 1 spiro atoms. The maximum Gasteiger partial charge on any atom is 0.259 e. The minimum absolute atomic E-state index is 0.0421. The Morgan fingerprint density at radius 1 is 1.24 bits per heavy atom. The molecule has 0 unspecified atom stereocenters. The Morgan fingerprint density at radius 2 is 1.95 bits per heavy atom. The van der Waals surface area contributed by atoms with Crippen molar-refractivity contribution in [2.75, 3.05) is 39.9 Å². The summed E-state index contributed by atoms with van der Waals surface area (Å²) in [6.45, 7) is 7.68. The van der Waals surface area contributed by atoms with Crippen molar-refractivity contribution in [3.63, 3.8) is 0 Å². The first kappa shape index (κ1) is 14.5. The van der Waals surface area contributed by atoms with Gasteiger partial charge < -0.3 is 14.2 Å². The third-order valence-corrected chi connectivity index (χ3v) is 4.98. The summed E-state index contributed by atoms with van der Waals surface area (Å²) in [7, 11) is 2.16. The largest absolute Gasteiger partial charge is 0.378 e. The van der Waals surface area contributed by atoms with Crippen LogP contribution in [0.15, 0.2) is 4.52 Å². The van der Waals surface area contributed by atoms with Crippen LogP contribution in [0.5, 0.6) is 0 Å². The number of morpholine rings is 1. The van der Waals surface area contributed by atoms with Crippen molar-refractivity contribution in [1.82, 2.24) is 15.0 Å². The van der Waals surface area contributed by atoms with Crippen molar-refractivity contribution in [2.24, 2.45) is 0 Å². The highest BCUT2D eigenvalue weighted by Gasteiger charge is 2.41. The van der Waals surface area contributed by atoms with Crippen molar-refractivity contribution in [3.8, 4) is 0 Å². The van der Waals surface area contributed by atoms with Crippen LogP contribution in [0, 0.1) is 13.8 Å². The lowest BCUT2D eigenvalue weighted by Gasteiger charge is -2.49. The van der Waals surface area contributed by atoms with E-state index >= 15 is 0 Å². The van der Waals surface area contributed by atoms with Gasteiger partial charge in [-0.3, -0.25) is 9.69 Å². The second-order valence-electron chi connectivity index (χ2n) is 6.19. The number of nitrogens with zero attached hydrogens (tertiary/aromatic N) is 3. The van der Waals surface area contributed by atoms with E-state index in [4.69, 9.17) is 9.26 Å². The molecule has 116 valence electrons. The number of rotatable bonds is 1. The van der Waals surface area contributed by atoms with Crippen LogP contribution in [0.4, 0.5) is 0 Å². The highest BCUT2D eigenvalue weighted by molar-refractivity contribution is 5.96. The average molecular weight is 293 g/mol. The Labute approximate surface area is 125 Å². The predicted molar refractivity (Wildman–Crippen MR) is 77.3 cm³/mol. The van der Waals surface area contributed by atoms with E-state index in [-0.39, 0.29) is 11.4 Å². The van der Waals surface area contributed by atoms with Crippen LogP contribution < -0.4 is 0 Å². The standard InChI is InChI=1S/C15H23N3O3/c1-11-13(12(2)21-16-11)14(19)18-6-4-15(5-7-18)10-20-9-8-17(15)3/h4-10H2,1-3H3. The van der Waals surface area contributed by atoms with Gasteiger partial charge in [0.05, 0.1) is 18.9 Å². The van der Waals surface area contributed by atoms with Gasteiger partial charge in [0.15, 0.2) is 0 Å². The maximum atomic E-state index is 12.6. The van der Waals surface area contributed by atoms with Gasteiger partial charge in [-0.2, -0.15) is 0 Å². The maximum absolute atomic E-state index is 12.6. The first-order chi connectivity index (χ1) is 10.0. The second-order valence-corrected chi connectivity index (χ2v) is 6.19. The Morgan fingerprint density at radius 3 is 2.52 bits per heavy atom. The fourth-order valence-corrected chi connectivity index (χ4v) is 3.41. The van der Waals surface area contributed by atoms with Crippen LogP contribution in [0.3, 0.4) is 0 Å². The summed E-state index contributed by atoms with van der Waals surface area (Å²) in [5.41, 5.74) is 1.41. The molecule has 0 aromatic carbocycles. The number of piperidine rings is 1. The average Bonchev–Trinajstić information content (AvgIpc) is 2.82. The quantitative estimate of drug-likeness (QED) is 0.779. The molecular formula is C15H23N3O3. The zero-order valence-corrected chi connectivity index (χ0v) is 13.0. The summed E-state index contributed by atoms with van der Waals surface area (Å²) in [5, 5.41) is 3.88. The van der Waals surface area contributed by atoms with Gasteiger partial charge in [0.2, 0.25) is 0 Å². The zero-order valence-electron chi connectivity index (χ0n) is 13.0. The predicted octanol–water partition coefficient (Wildman–Crippen LogP) is 1.23. The van der Waals surface area contributed by atoms with Gasteiger partial charge in [-0.25, -0.2) is 0 Å². The second kappa shape index (κ2) is 5.42. The molecule has 0 radical (unpaired) electrons. The van der Waals surface area contributed by atoms with Crippen molar-refractivity contribution >= 4 is 5.91 Å². The van der Waals surface area contributed by atoms with Crippen LogP contribution in [0.1, 0.15) is 34.7 Å². The third-order valence-electron chi connectivity index (χ3n) is 4.98. The van der Waals surface area contributed by atoms with Crippen LogP contribution in [0.25, 0.3) is 0 Å². The summed E-state index contributed by atoms with van der Waals surface area (Å²) < 4.78 is 10.8. The van der Waals surface area contributed by atoms with Gasteiger partial charge in [0.1, 0.15) is 11.3 Å². The van der Waals surface area contributed by atoms with Crippen molar-refractivity contribution in [2.45, 2.75) is 32.2 Å². The first-order valence-electron chi connectivity index (χ1n) is 7.55. The van der Waals surface area contributed by atoms with E-state index in [0.29, 0.717) is 17.0 Å². The molecule has 0 atom stereocenters. The molecule has 2 fully saturated rings. The molecule has 2 aliphatic rings. The SMILES string of the molecule is Cc1noc(C)c1C(=O)N1CCC2(CC1)COCCN2C. The van der Waals surface area contributed by atoms with E-state index in [1.165, 1.54) is 0 Å². The van der Waals surface area contributed by atoms with E-state index < -0.39 is 0 Å². The number of likely N-dealkylation sites (N-methyl/N-ethyl adjacent to an activating group) is 1. The lowest BCUT2D eigenvalue weighted by molar-refractivity contribution is -0.0796. The Balaban J connectivity index is 1.70. The Kier molecular flexibility index (Phi) is 3.75. The van der Waals surface area contributed by atoms with Crippen LogP contribution in [-0.2, 0) is 4.74 Å². The van der Waals surface area contributed by atoms with Crippen LogP contribution in [-0.4, -0.2) is 66.3 Å². The molecule has 0 saturated carbocycles. The number of carbonyl (C=O) groups excluding carboxylic acids is 1. The smallest absolute Gasteiger partial charge is 0.259 e. The highest BCUT2D eigenvalue weighted by atomic mass is 16.5. The molecule has 1 aromatic heterocycles. The van der Waals surface area contributed by atoms with Crippen molar-refractivity contribution in [1.29, 1.82) is 0 Å². The number of ether oxygens (including phenoxy) is 1. The monoisotopic (exact) mass is 293 g/mol. The molecule has 0 aliphatic carbocycles. The number of aryl methyl sites for hydroxylation is 2. The molecule has 1 aromatic rings. The minimum atomic E-state index is 0.0421. The summed E-state index contributed by atoms with van der Waals surface area (Å²) >= 11 is 0. The third kappa shape index (κ3) is 2.46. The lowest BCUT2D eigenvalue weighted by atomic mass is 9.85. The van der Waals surface area contributed by atoms with E-state index in [9.17, 15) is 4.79 Å². The van der Waals surface area contributed by atoms with Gasteiger partial charge in [0, 0.05) is 25.2 Å². The molecule has 3 rings (SSSR count). The van der Waals surface area contributed by atoms with Gasteiger partial charge in [0.25, 0.3) is 5.91 Å².